The molecular formula is C9H16N2. The van der Waals surface area contributed by atoms with E-state index in [-0.39, 0.29) is 0 Å². The smallest absolute Gasteiger partial charge is 0.0991 e. The van der Waals surface area contributed by atoms with Crippen LogP contribution in [0.2, 0.25) is 0 Å². The molecule has 0 bridgehead atoms. The van der Waals surface area contributed by atoms with Gasteiger partial charge in [0.1, 0.15) is 0 Å². The summed E-state index contributed by atoms with van der Waals surface area (Å²) in [5.41, 5.74) is 0. The molecule has 0 aliphatic carbocycles. The summed E-state index contributed by atoms with van der Waals surface area (Å²) in [6.07, 6.45) is 5.19. The van der Waals surface area contributed by atoms with Gasteiger partial charge in [0, 0.05) is 25.6 Å². The molecule has 1 saturated heterocycles. The summed E-state index contributed by atoms with van der Waals surface area (Å²) in [5.74, 6) is 1.38. The predicted molar refractivity (Wildman–Crippen MR) is 46.9 cm³/mol. The van der Waals surface area contributed by atoms with Crippen LogP contribution in [0.25, 0.3) is 0 Å². The highest BCUT2D eigenvalue weighted by Gasteiger charge is 2.23. The van der Waals surface area contributed by atoms with E-state index >= 15 is 0 Å². The fraction of sp³-hybridized carbons (Fsp3) is 0.889. The van der Waals surface area contributed by atoms with Gasteiger partial charge in [0.25, 0.3) is 0 Å². The summed E-state index contributed by atoms with van der Waals surface area (Å²) >= 11 is 0. The lowest BCUT2D eigenvalue weighted by Crippen LogP contribution is -2.44. The highest BCUT2D eigenvalue weighted by atomic mass is 15.2. The molecule has 2 heterocycles. The molecule has 1 atom stereocenters. The SMILES string of the molecule is CC1CCN=C2CCCCN21. The largest absolute Gasteiger partial charge is 0.358 e. The van der Waals surface area contributed by atoms with Crippen molar-refractivity contribution in [2.24, 2.45) is 4.99 Å². The summed E-state index contributed by atoms with van der Waals surface area (Å²) in [4.78, 5) is 7.04. The third kappa shape index (κ3) is 1.26. The number of nitrogens with zero attached hydrogens (tertiary/aromatic N) is 2. The first-order chi connectivity index (χ1) is 5.38. The Kier molecular flexibility index (Phi) is 1.84. The Labute approximate surface area is 68.3 Å². The van der Waals surface area contributed by atoms with E-state index in [1.807, 2.05) is 0 Å². The number of hydrogen-bond donors (Lipinski definition) is 0. The summed E-state index contributed by atoms with van der Waals surface area (Å²) in [6, 6.07) is 0.753. The monoisotopic (exact) mass is 152 g/mol. The Balaban J connectivity index is 2.13. The fourth-order valence-corrected chi connectivity index (χ4v) is 2.02. The van der Waals surface area contributed by atoms with Gasteiger partial charge in [-0.15, -0.1) is 0 Å². The molecule has 2 aliphatic rings. The van der Waals surface area contributed by atoms with Crippen LogP contribution < -0.4 is 0 Å². The van der Waals surface area contributed by atoms with Crippen LogP contribution in [0.1, 0.15) is 32.6 Å². The van der Waals surface area contributed by atoms with Gasteiger partial charge in [-0.3, -0.25) is 4.99 Å². The van der Waals surface area contributed by atoms with E-state index in [0.29, 0.717) is 0 Å². The Bertz CT molecular complexity index is 174. The molecule has 0 aromatic heterocycles. The van der Waals surface area contributed by atoms with Crippen LogP contribution in [0.4, 0.5) is 0 Å². The minimum absolute atomic E-state index is 0.753. The molecule has 0 saturated carbocycles. The second-order valence-corrected chi connectivity index (χ2v) is 3.59. The molecule has 62 valence electrons. The molecule has 0 aromatic rings. The number of piperidine rings is 1. The zero-order valence-electron chi connectivity index (χ0n) is 7.21. The van der Waals surface area contributed by atoms with Gasteiger partial charge in [-0.25, -0.2) is 0 Å². The minimum Gasteiger partial charge on any atom is -0.358 e. The standard InChI is InChI=1S/C9H16N2/c1-8-5-6-10-9-4-2-3-7-11(8)9/h8H,2-7H2,1H3. The van der Waals surface area contributed by atoms with Gasteiger partial charge in [-0.2, -0.15) is 0 Å². The number of fused-ring (bicyclic) bond motifs is 1. The third-order valence-electron chi connectivity index (χ3n) is 2.75. The summed E-state index contributed by atoms with van der Waals surface area (Å²) in [5, 5.41) is 0. The van der Waals surface area contributed by atoms with Crippen LogP contribution in [-0.2, 0) is 0 Å². The van der Waals surface area contributed by atoms with E-state index < -0.39 is 0 Å². The minimum atomic E-state index is 0.753. The molecule has 0 amide bonds. The topological polar surface area (TPSA) is 15.6 Å². The van der Waals surface area contributed by atoms with Gasteiger partial charge in [0.2, 0.25) is 0 Å². The maximum atomic E-state index is 4.54. The van der Waals surface area contributed by atoms with Crippen molar-refractivity contribution in [3.8, 4) is 0 Å². The first-order valence-corrected chi connectivity index (χ1v) is 4.68. The third-order valence-corrected chi connectivity index (χ3v) is 2.75. The lowest BCUT2D eigenvalue weighted by molar-refractivity contribution is 0.271. The van der Waals surface area contributed by atoms with Crippen molar-refractivity contribution in [1.29, 1.82) is 0 Å². The number of aliphatic imine (C=N–C) groups is 1. The van der Waals surface area contributed by atoms with Crippen LogP contribution >= 0.6 is 0 Å². The number of rotatable bonds is 0. The van der Waals surface area contributed by atoms with Gasteiger partial charge in [0.05, 0.1) is 5.84 Å². The molecule has 0 radical (unpaired) electrons. The van der Waals surface area contributed by atoms with Crippen LogP contribution in [-0.4, -0.2) is 29.9 Å². The van der Waals surface area contributed by atoms with Crippen molar-refractivity contribution in [2.45, 2.75) is 38.6 Å². The molecule has 1 fully saturated rings. The Morgan fingerprint density at radius 3 is 3.18 bits per heavy atom. The van der Waals surface area contributed by atoms with Gasteiger partial charge >= 0.3 is 0 Å². The second-order valence-electron chi connectivity index (χ2n) is 3.59. The van der Waals surface area contributed by atoms with E-state index in [4.69, 9.17) is 0 Å². The molecule has 2 nitrogen and oxygen atoms in total. The molecular weight excluding hydrogens is 136 g/mol. The first-order valence-electron chi connectivity index (χ1n) is 4.68. The van der Waals surface area contributed by atoms with Crippen molar-refractivity contribution in [2.75, 3.05) is 13.1 Å². The maximum absolute atomic E-state index is 4.54. The van der Waals surface area contributed by atoms with Crippen molar-refractivity contribution in [1.82, 2.24) is 4.90 Å². The molecule has 0 spiro atoms. The van der Waals surface area contributed by atoms with Gasteiger partial charge in [-0.05, 0) is 26.2 Å². The zero-order chi connectivity index (χ0) is 7.68. The summed E-state index contributed by atoms with van der Waals surface area (Å²) in [6.45, 7) is 4.63. The predicted octanol–water partition coefficient (Wildman–Crippen LogP) is 1.66. The highest BCUT2D eigenvalue weighted by molar-refractivity contribution is 5.83. The van der Waals surface area contributed by atoms with E-state index in [2.05, 4.69) is 16.8 Å². The number of hydrogen-bond acceptors (Lipinski definition) is 2. The Hall–Kier alpha value is -0.530. The van der Waals surface area contributed by atoms with E-state index in [9.17, 15) is 0 Å². The van der Waals surface area contributed by atoms with E-state index in [1.165, 1.54) is 38.1 Å². The summed E-state index contributed by atoms with van der Waals surface area (Å²) in [7, 11) is 0. The summed E-state index contributed by atoms with van der Waals surface area (Å²) < 4.78 is 0. The van der Waals surface area contributed by atoms with E-state index in [1.54, 1.807) is 0 Å². The maximum Gasteiger partial charge on any atom is 0.0991 e. The van der Waals surface area contributed by atoms with Crippen molar-refractivity contribution in [3.63, 3.8) is 0 Å². The average molecular weight is 152 g/mol. The highest BCUT2D eigenvalue weighted by Crippen LogP contribution is 2.20. The lowest BCUT2D eigenvalue weighted by Gasteiger charge is -2.38. The van der Waals surface area contributed by atoms with Crippen LogP contribution in [0.5, 0.6) is 0 Å². The molecule has 2 rings (SSSR count). The number of amidine groups is 1. The first kappa shape index (κ1) is 7.14. The molecule has 1 unspecified atom stereocenters. The second kappa shape index (κ2) is 2.84. The Morgan fingerprint density at radius 1 is 1.45 bits per heavy atom. The molecule has 0 aromatic carbocycles. The fourth-order valence-electron chi connectivity index (χ4n) is 2.02. The van der Waals surface area contributed by atoms with Crippen LogP contribution in [0.3, 0.4) is 0 Å². The molecule has 2 aliphatic heterocycles. The molecule has 2 heteroatoms. The van der Waals surface area contributed by atoms with E-state index in [0.717, 1.165) is 12.6 Å². The van der Waals surface area contributed by atoms with Crippen molar-refractivity contribution < 1.29 is 0 Å². The van der Waals surface area contributed by atoms with Gasteiger partial charge in [0.15, 0.2) is 0 Å². The molecule has 0 N–H and O–H groups in total. The molecule has 11 heavy (non-hydrogen) atoms. The van der Waals surface area contributed by atoms with Crippen molar-refractivity contribution >= 4 is 5.84 Å². The Morgan fingerprint density at radius 2 is 2.36 bits per heavy atom. The van der Waals surface area contributed by atoms with Crippen LogP contribution in [0.15, 0.2) is 4.99 Å². The van der Waals surface area contributed by atoms with Crippen molar-refractivity contribution in [3.05, 3.63) is 0 Å². The average Bonchev–Trinajstić information content (AvgIpc) is 2.06. The quantitative estimate of drug-likeness (QED) is 0.515. The van der Waals surface area contributed by atoms with Gasteiger partial charge < -0.3 is 4.90 Å². The lowest BCUT2D eigenvalue weighted by atomic mass is 10.0. The van der Waals surface area contributed by atoms with Gasteiger partial charge in [-0.1, -0.05) is 0 Å². The van der Waals surface area contributed by atoms with Crippen LogP contribution in [0, 0.1) is 0 Å². The normalized spacial score (nSPS) is 31.2. The zero-order valence-corrected chi connectivity index (χ0v) is 7.21.